The minimum absolute atomic E-state index is 0.198. The molecule has 128 valence electrons. The smallest absolute Gasteiger partial charge is 0.293 e. The van der Waals surface area contributed by atoms with Gasteiger partial charge in [-0.25, -0.2) is 0 Å². The van der Waals surface area contributed by atoms with Crippen molar-refractivity contribution < 1.29 is 24.2 Å². The monoisotopic (exact) mass is 343 g/mol. The molecule has 7 heteroatoms. The molecule has 1 amide bonds. The highest BCUT2D eigenvalue weighted by molar-refractivity contribution is 6.18. The number of hydrogen-bond acceptors (Lipinski definition) is 5. The summed E-state index contributed by atoms with van der Waals surface area (Å²) >= 11 is 5.81. The van der Waals surface area contributed by atoms with Gasteiger partial charge in [0.15, 0.2) is 11.4 Å². The molecule has 23 heavy (non-hydrogen) atoms. The van der Waals surface area contributed by atoms with E-state index in [-0.39, 0.29) is 30.5 Å². The molecule has 0 radical (unpaired) electrons. The van der Waals surface area contributed by atoms with Crippen LogP contribution in [0.4, 0.5) is 0 Å². The van der Waals surface area contributed by atoms with Gasteiger partial charge in [0.05, 0.1) is 11.5 Å². The number of ketones is 1. The van der Waals surface area contributed by atoms with Crippen molar-refractivity contribution in [3.05, 3.63) is 11.6 Å². The molecule has 1 unspecified atom stereocenters. The quantitative estimate of drug-likeness (QED) is 0.556. The second kappa shape index (κ2) is 6.61. The molecule has 0 saturated carbocycles. The maximum Gasteiger partial charge on any atom is 0.293 e. The summed E-state index contributed by atoms with van der Waals surface area (Å²) in [5.74, 6) is -0.484. The number of nitrogens with one attached hydrogen (secondary N) is 1. The van der Waals surface area contributed by atoms with Crippen LogP contribution in [0.2, 0.25) is 0 Å². The van der Waals surface area contributed by atoms with Gasteiger partial charge in [0.25, 0.3) is 6.47 Å². The number of hydrogen-bond donors (Lipinski definition) is 2. The van der Waals surface area contributed by atoms with Crippen LogP contribution >= 0.6 is 11.6 Å². The van der Waals surface area contributed by atoms with Gasteiger partial charge in [-0.3, -0.25) is 14.4 Å². The first-order valence-corrected chi connectivity index (χ1v) is 8.25. The molecule has 0 spiro atoms. The zero-order chi connectivity index (χ0) is 17.3. The Labute approximate surface area is 140 Å². The summed E-state index contributed by atoms with van der Waals surface area (Å²) in [6.07, 6.45) is 2.98. The van der Waals surface area contributed by atoms with Crippen molar-refractivity contribution in [1.29, 1.82) is 0 Å². The number of rotatable bonds is 6. The largest absolute Gasteiger partial charge is 0.458 e. The molecule has 4 atom stereocenters. The van der Waals surface area contributed by atoms with E-state index < -0.39 is 23.2 Å². The first kappa shape index (κ1) is 17.9. The first-order chi connectivity index (χ1) is 10.8. The Morgan fingerprint density at radius 3 is 2.83 bits per heavy atom. The Morgan fingerprint density at radius 1 is 1.57 bits per heavy atom. The van der Waals surface area contributed by atoms with Gasteiger partial charge in [0, 0.05) is 5.88 Å². The van der Waals surface area contributed by atoms with E-state index in [1.165, 1.54) is 6.08 Å². The lowest BCUT2D eigenvalue weighted by atomic mass is 9.70. The second-order valence-corrected chi connectivity index (χ2v) is 6.89. The summed E-state index contributed by atoms with van der Waals surface area (Å²) in [6.45, 7) is 3.48. The summed E-state index contributed by atoms with van der Waals surface area (Å²) in [5, 5.41) is 12.4. The van der Waals surface area contributed by atoms with E-state index >= 15 is 0 Å². The Hall–Kier alpha value is -1.40. The third kappa shape index (κ3) is 2.90. The second-order valence-electron chi connectivity index (χ2n) is 6.51. The lowest BCUT2D eigenvalue weighted by Gasteiger charge is -2.39. The van der Waals surface area contributed by atoms with Crippen LogP contribution in [0.5, 0.6) is 0 Å². The van der Waals surface area contributed by atoms with Crippen LogP contribution < -0.4 is 5.32 Å². The number of aliphatic hydroxyl groups is 1. The molecule has 1 aliphatic heterocycles. The van der Waals surface area contributed by atoms with Crippen LogP contribution in [0.3, 0.4) is 0 Å². The molecule has 2 rings (SSSR count). The number of ether oxygens (including phenoxy) is 1. The minimum atomic E-state index is -1.33. The molecule has 0 bridgehead atoms. The Kier molecular flexibility index (Phi) is 5.16. The highest BCUT2D eigenvalue weighted by Crippen LogP contribution is 2.46. The van der Waals surface area contributed by atoms with Gasteiger partial charge in [-0.1, -0.05) is 0 Å². The van der Waals surface area contributed by atoms with E-state index in [0.29, 0.717) is 24.8 Å². The molecular formula is C16H22ClNO5. The van der Waals surface area contributed by atoms with E-state index in [2.05, 4.69) is 5.32 Å². The van der Waals surface area contributed by atoms with Gasteiger partial charge < -0.3 is 15.2 Å². The third-order valence-electron chi connectivity index (χ3n) is 5.23. The average molecular weight is 344 g/mol. The van der Waals surface area contributed by atoms with E-state index in [4.69, 9.17) is 16.3 Å². The number of alkyl halides is 1. The maximum atomic E-state index is 12.9. The fourth-order valence-corrected chi connectivity index (χ4v) is 3.81. The van der Waals surface area contributed by atoms with Crippen molar-refractivity contribution in [3.8, 4) is 0 Å². The van der Waals surface area contributed by atoms with Crippen molar-refractivity contribution >= 4 is 29.8 Å². The summed E-state index contributed by atoms with van der Waals surface area (Å²) in [4.78, 5) is 36.3. The normalized spacial score (nSPS) is 37.0. The average Bonchev–Trinajstić information content (AvgIpc) is 2.69. The number of aliphatic hydroxyl groups excluding tert-OH is 1. The number of amides is 1. The third-order valence-corrected chi connectivity index (χ3v) is 5.42. The number of carbonyl (C=O) groups excluding carboxylic acids is 3. The molecule has 6 nitrogen and oxygen atoms in total. The van der Waals surface area contributed by atoms with E-state index in [9.17, 15) is 19.5 Å². The van der Waals surface area contributed by atoms with Crippen LogP contribution in [0.1, 0.15) is 39.5 Å². The topological polar surface area (TPSA) is 92.7 Å². The summed E-state index contributed by atoms with van der Waals surface area (Å²) in [7, 11) is 0. The number of carbonyl (C=O) groups is 3. The Bertz CT molecular complexity index is 549. The highest BCUT2D eigenvalue weighted by Gasteiger charge is 2.64. The van der Waals surface area contributed by atoms with Gasteiger partial charge in [0.1, 0.15) is 6.04 Å². The fraction of sp³-hybridized carbons (Fsp3) is 0.688. The molecule has 1 fully saturated rings. The van der Waals surface area contributed by atoms with Gasteiger partial charge >= 0.3 is 0 Å². The van der Waals surface area contributed by atoms with Crippen LogP contribution in [0.25, 0.3) is 0 Å². The van der Waals surface area contributed by atoms with Gasteiger partial charge in [0.2, 0.25) is 5.91 Å². The molecule has 0 aromatic rings. The standard InChI is InChI=1S/C16H22ClNO5/c1-15(6-7-17)14(22)18-13(16(15,2)23-9-19)12(21)10-4-3-5-11(20)8-10/h8-9,11,13,20H,3-7H2,1-2H3,(H,18,22)/t11?,13-,15+,16-/m1/s1. The van der Waals surface area contributed by atoms with Crippen LogP contribution in [-0.2, 0) is 19.1 Å². The predicted molar refractivity (Wildman–Crippen MR) is 83.9 cm³/mol. The predicted octanol–water partition coefficient (Wildman–Crippen LogP) is 1.09. The van der Waals surface area contributed by atoms with Crippen molar-refractivity contribution in [2.24, 2.45) is 5.41 Å². The van der Waals surface area contributed by atoms with Crippen LogP contribution in [0.15, 0.2) is 11.6 Å². The zero-order valence-corrected chi connectivity index (χ0v) is 14.1. The number of Topliss-reactive ketones (excluding diaryl/α,β-unsaturated/α-hetero) is 1. The van der Waals surface area contributed by atoms with E-state index in [0.717, 1.165) is 0 Å². The molecule has 2 aliphatic rings. The van der Waals surface area contributed by atoms with Gasteiger partial charge in [-0.15, -0.1) is 11.6 Å². The fourth-order valence-electron chi connectivity index (χ4n) is 3.43. The number of halogens is 1. The van der Waals surface area contributed by atoms with Gasteiger partial charge in [-0.05, 0) is 51.2 Å². The van der Waals surface area contributed by atoms with Gasteiger partial charge in [-0.2, -0.15) is 0 Å². The van der Waals surface area contributed by atoms with Crippen LogP contribution in [0, 0.1) is 5.41 Å². The summed E-state index contributed by atoms with van der Waals surface area (Å²) in [6, 6.07) is -0.982. The summed E-state index contributed by atoms with van der Waals surface area (Å²) < 4.78 is 5.25. The maximum absolute atomic E-state index is 12.9. The Balaban J connectivity index is 2.39. The molecular weight excluding hydrogens is 322 g/mol. The lowest BCUT2D eigenvalue weighted by molar-refractivity contribution is -0.159. The SMILES string of the molecule is C[C@]1(CCCl)C(=O)N[C@H](C(=O)C2=CC(O)CCC2)[C@@]1(C)OC=O. The molecule has 0 aromatic heterocycles. The Morgan fingerprint density at radius 2 is 2.26 bits per heavy atom. The van der Waals surface area contributed by atoms with Crippen molar-refractivity contribution in [3.63, 3.8) is 0 Å². The summed E-state index contributed by atoms with van der Waals surface area (Å²) in [5.41, 5.74) is -1.96. The first-order valence-electron chi connectivity index (χ1n) is 7.71. The van der Waals surface area contributed by atoms with Crippen molar-refractivity contribution in [1.82, 2.24) is 5.32 Å². The van der Waals surface area contributed by atoms with E-state index in [1.807, 2.05) is 0 Å². The highest BCUT2D eigenvalue weighted by atomic mass is 35.5. The van der Waals surface area contributed by atoms with E-state index in [1.54, 1.807) is 13.8 Å². The molecule has 1 saturated heterocycles. The minimum Gasteiger partial charge on any atom is -0.458 e. The molecule has 1 heterocycles. The molecule has 0 aromatic carbocycles. The van der Waals surface area contributed by atoms with Crippen molar-refractivity contribution in [2.75, 3.05) is 5.88 Å². The molecule has 2 N–H and O–H groups in total. The molecule has 1 aliphatic carbocycles. The van der Waals surface area contributed by atoms with Crippen molar-refractivity contribution in [2.45, 2.75) is 57.3 Å². The lowest BCUT2D eigenvalue weighted by Crippen LogP contribution is -2.54. The van der Waals surface area contributed by atoms with Crippen LogP contribution in [-0.4, -0.2) is 46.9 Å². The zero-order valence-electron chi connectivity index (χ0n) is 13.3.